The predicted octanol–water partition coefficient (Wildman–Crippen LogP) is 13.7. The van der Waals surface area contributed by atoms with Crippen molar-refractivity contribution >= 4 is 11.0 Å². The van der Waals surface area contributed by atoms with Crippen LogP contribution in [0.4, 0.5) is 0 Å². The topological polar surface area (TPSA) is 50.9 Å². The highest BCUT2D eigenvalue weighted by atomic mass is 16.3. The summed E-state index contributed by atoms with van der Waals surface area (Å²) >= 11 is 0. The molecule has 0 radical (unpaired) electrons. The number of phenols is 1. The number of pyridine rings is 1. The van der Waals surface area contributed by atoms with E-state index in [0.29, 0.717) is 56.1 Å². The molecular weight excluding hydrogens is 695 g/mol. The number of aromatic hydroxyl groups is 1. The summed E-state index contributed by atoms with van der Waals surface area (Å²) in [5.74, 6) is 0.272. The minimum Gasteiger partial charge on any atom is -0.507 e. The number of fused-ring (bicyclic) bond motifs is 1. The fraction of sp³-hybridized carbons (Fsp3) is 0.0943. The third kappa shape index (κ3) is 7.03. The first-order chi connectivity index (χ1) is 34.3. The summed E-state index contributed by atoms with van der Waals surface area (Å²) < 4.78 is 137. The Bertz CT molecular complexity index is 3520. The average Bonchev–Trinajstić information content (AvgIpc) is 3.73. The third-order valence-corrected chi connectivity index (χ3v) is 9.81. The zero-order valence-electron chi connectivity index (χ0n) is 46.3. The molecule has 9 rings (SSSR count). The molecule has 1 N–H and O–H groups in total. The Morgan fingerprint density at radius 2 is 1.23 bits per heavy atom. The maximum atomic E-state index is 11.3. The third-order valence-electron chi connectivity index (χ3n) is 9.81. The lowest BCUT2D eigenvalue weighted by atomic mass is 9.86. The molecule has 0 saturated carbocycles. The molecule has 0 amide bonds. The summed E-state index contributed by atoms with van der Waals surface area (Å²) in [6.07, 6.45) is 1.38. The van der Waals surface area contributed by atoms with E-state index in [1.807, 2.05) is 108 Å². The van der Waals surface area contributed by atoms with Gasteiger partial charge in [-0.3, -0.25) is 9.55 Å². The van der Waals surface area contributed by atoms with Crippen molar-refractivity contribution in [3.05, 3.63) is 193 Å². The Kier molecular flexibility index (Phi) is 5.59. The van der Waals surface area contributed by atoms with Crippen LogP contribution in [-0.4, -0.2) is 19.6 Å². The molecule has 276 valence electrons. The van der Waals surface area contributed by atoms with E-state index in [2.05, 4.69) is 4.98 Å². The van der Waals surface area contributed by atoms with Crippen LogP contribution < -0.4 is 0 Å². The van der Waals surface area contributed by atoms with Crippen molar-refractivity contribution in [3.8, 4) is 78.6 Å². The van der Waals surface area contributed by atoms with Gasteiger partial charge >= 0.3 is 0 Å². The van der Waals surface area contributed by atoms with E-state index in [1.54, 1.807) is 36.4 Å². The number of hydrogen-bond donors (Lipinski definition) is 1. The SMILES string of the molecule is [2H]c1c([2H])c(C(C([2H])([2H])[2H])(C([2H])([2H])[2H])C([2H])([2H])[2H])c([2H])c([2H])c1-c1ccnc(-c2cc(-c3ccccc3)cc(-c3cccc4c3nc(-c3ccccc3O)n4-c3cc(-c4ccccc4)cc(C([2H])([2H])[2H])c3)c2)c1. The molecule has 7 aromatic carbocycles. The summed E-state index contributed by atoms with van der Waals surface area (Å²) in [5.41, 5.74) is 1.82. The van der Waals surface area contributed by atoms with Crippen LogP contribution in [0.5, 0.6) is 5.75 Å². The van der Waals surface area contributed by atoms with Gasteiger partial charge < -0.3 is 5.11 Å². The Balaban J connectivity index is 1.27. The zero-order valence-corrected chi connectivity index (χ0v) is 30.3. The lowest BCUT2D eigenvalue weighted by Gasteiger charge is -2.19. The standard InChI is InChI=1S/C53H43N3O/c1-35-28-40(36-14-7-5-8-15-36)33-45(29-35)56-49-20-13-19-46(51(49)55-52(56)47-18-11-12-21-50(47)57)42-30-41(37-16-9-6-10-17-37)31-43(32-42)48-34-39(26-27-54-48)38-22-24-44(25-23-38)53(2,3)4/h5-34,57H,1-4H3/i1D3,2D3,3D3,4D3,22D,23D,24D,25D. The van der Waals surface area contributed by atoms with Gasteiger partial charge in [0.15, 0.2) is 0 Å². The van der Waals surface area contributed by atoms with Gasteiger partial charge in [-0.1, -0.05) is 136 Å². The van der Waals surface area contributed by atoms with E-state index in [1.165, 1.54) is 18.3 Å². The van der Waals surface area contributed by atoms with E-state index < -0.39 is 62.6 Å². The van der Waals surface area contributed by atoms with Crippen molar-refractivity contribution in [2.45, 2.75) is 32.8 Å². The first-order valence-electron chi connectivity index (χ1n) is 26.1. The van der Waals surface area contributed by atoms with Crippen molar-refractivity contribution < 1.29 is 27.0 Å². The van der Waals surface area contributed by atoms with Gasteiger partial charge in [0.1, 0.15) is 11.6 Å². The van der Waals surface area contributed by atoms with Crippen LogP contribution >= 0.6 is 0 Å². The maximum Gasteiger partial charge on any atom is 0.149 e. The number of aromatic nitrogens is 3. The minimum absolute atomic E-state index is 0.0577. The van der Waals surface area contributed by atoms with Gasteiger partial charge in [-0.15, -0.1) is 0 Å². The van der Waals surface area contributed by atoms with Gasteiger partial charge in [0.05, 0.1) is 27.8 Å². The molecule has 0 bridgehead atoms. The first kappa shape index (κ1) is 21.9. The molecule has 0 aliphatic heterocycles. The van der Waals surface area contributed by atoms with Gasteiger partial charge in [0.25, 0.3) is 0 Å². The maximum absolute atomic E-state index is 11.3. The number of phenolic OH excluding ortho intramolecular Hbond substituents is 1. The predicted molar refractivity (Wildman–Crippen MR) is 237 cm³/mol. The monoisotopic (exact) mass is 753 g/mol. The summed E-state index contributed by atoms with van der Waals surface area (Å²) in [6.45, 7) is -14.0. The van der Waals surface area contributed by atoms with Crippen LogP contribution in [0.2, 0.25) is 0 Å². The highest BCUT2D eigenvalue weighted by Gasteiger charge is 2.21. The summed E-state index contributed by atoms with van der Waals surface area (Å²) in [7, 11) is 0. The van der Waals surface area contributed by atoms with Crippen molar-refractivity contribution in [3.63, 3.8) is 0 Å². The molecule has 0 aliphatic carbocycles. The normalized spacial score (nSPS) is 16.6. The van der Waals surface area contributed by atoms with Crippen LogP contribution in [0, 0.1) is 6.85 Å². The molecule has 2 heterocycles. The van der Waals surface area contributed by atoms with Crippen LogP contribution in [-0.2, 0) is 5.41 Å². The largest absolute Gasteiger partial charge is 0.507 e. The van der Waals surface area contributed by atoms with Crippen molar-refractivity contribution in [1.29, 1.82) is 0 Å². The molecule has 0 spiro atoms. The molecule has 0 unspecified atom stereocenters. The van der Waals surface area contributed by atoms with Gasteiger partial charge in [-0.25, -0.2) is 4.98 Å². The Morgan fingerprint density at radius 3 is 1.95 bits per heavy atom. The molecule has 0 atom stereocenters. The minimum atomic E-state index is -3.83. The van der Waals surface area contributed by atoms with Gasteiger partial charge in [0, 0.05) is 39.5 Å². The number of benzene rings is 7. The fourth-order valence-electron chi connectivity index (χ4n) is 7.09. The molecule has 2 aromatic heterocycles. The smallest absolute Gasteiger partial charge is 0.149 e. The molecule has 0 aliphatic rings. The Labute approximate surface area is 356 Å². The van der Waals surface area contributed by atoms with Gasteiger partial charge in [-0.05, 0) is 123 Å². The molecule has 57 heavy (non-hydrogen) atoms. The first-order valence-corrected chi connectivity index (χ1v) is 18.1. The molecular formula is C53H43N3O. The molecule has 4 heteroatoms. The highest BCUT2D eigenvalue weighted by molar-refractivity contribution is 5.97. The van der Waals surface area contributed by atoms with Crippen LogP contribution in [0.3, 0.4) is 0 Å². The highest BCUT2D eigenvalue weighted by Crippen LogP contribution is 2.40. The van der Waals surface area contributed by atoms with Gasteiger partial charge in [-0.2, -0.15) is 0 Å². The van der Waals surface area contributed by atoms with E-state index in [0.717, 1.165) is 16.7 Å². The zero-order chi connectivity index (χ0) is 52.6. The second-order valence-corrected chi connectivity index (χ2v) is 13.7. The van der Waals surface area contributed by atoms with Crippen molar-refractivity contribution in [2.75, 3.05) is 0 Å². The average molecular weight is 754 g/mol. The van der Waals surface area contributed by atoms with Gasteiger partial charge in [0.2, 0.25) is 0 Å². The molecule has 9 aromatic rings. The van der Waals surface area contributed by atoms with Crippen molar-refractivity contribution in [1.82, 2.24) is 14.5 Å². The number of hydrogen-bond acceptors (Lipinski definition) is 3. The second-order valence-electron chi connectivity index (χ2n) is 13.7. The van der Waals surface area contributed by atoms with E-state index in [-0.39, 0.29) is 22.4 Å². The summed E-state index contributed by atoms with van der Waals surface area (Å²) in [4.78, 5) is 9.88. The Hall–Kier alpha value is -7.04. The lowest BCUT2D eigenvalue weighted by Crippen LogP contribution is -2.10. The number of nitrogens with zero attached hydrogens (tertiary/aromatic N) is 3. The van der Waals surface area contributed by atoms with Crippen molar-refractivity contribution in [2.24, 2.45) is 0 Å². The van der Waals surface area contributed by atoms with Crippen LogP contribution in [0.25, 0.3) is 83.9 Å². The van der Waals surface area contributed by atoms with Crippen LogP contribution in [0.1, 0.15) is 53.6 Å². The number of rotatable bonds is 7. The molecule has 4 nitrogen and oxygen atoms in total. The van der Waals surface area contributed by atoms with E-state index in [4.69, 9.17) is 26.9 Å². The summed E-state index contributed by atoms with van der Waals surface area (Å²) in [5, 5.41) is 11.3. The van der Waals surface area contributed by atoms with Crippen LogP contribution in [0.15, 0.2) is 182 Å². The Morgan fingerprint density at radius 1 is 0.561 bits per heavy atom. The van der Waals surface area contributed by atoms with E-state index in [9.17, 15) is 5.11 Å². The lowest BCUT2D eigenvalue weighted by molar-refractivity contribution is 0.477. The van der Waals surface area contributed by atoms with E-state index >= 15 is 0 Å². The number of para-hydroxylation sites is 2. The fourth-order valence-corrected chi connectivity index (χ4v) is 7.09. The second kappa shape index (κ2) is 14.6. The number of aryl methyl sites for hydroxylation is 1. The molecule has 0 saturated heterocycles. The quantitative estimate of drug-likeness (QED) is 0.176. The summed E-state index contributed by atoms with van der Waals surface area (Å²) in [6, 6.07) is 41.0. The molecule has 0 fully saturated rings. The number of imidazole rings is 1.